The minimum atomic E-state index is -2.83. The van der Waals surface area contributed by atoms with Crippen molar-refractivity contribution in [1.82, 2.24) is 19.8 Å². The van der Waals surface area contributed by atoms with E-state index in [-0.39, 0.29) is 29.0 Å². The Balaban J connectivity index is 1.74. The Hall–Kier alpha value is -3.99. The van der Waals surface area contributed by atoms with Crippen molar-refractivity contribution in [3.05, 3.63) is 86.1 Å². The summed E-state index contributed by atoms with van der Waals surface area (Å²) < 4.78 is 44.1. The summed E-state index contributed by atoms with van der Waals surface area (Å²) in [5.74, 6) is -1.88. The molecule has 1 fully saturated rings. The number of aliphatic carboxylic acids is 1. The number of hydrogen-bond acceptors (Lipinski definition) is 5. The first kappa shape index (κ1) is 35.9. The Morgan fingerprint density at radius 3 is 2.23 bits per heavy atom. The molecule has 11 heteroatoms. The molecule has 4 rings (SSSR count). The molecule has 1 amide bonds. The molecular formula is C36H45F3N4O4. The van der Waals surface area contributed by atoms with Crippen LogP contribution in [-0.4, -0.2) is 56.7 Å². The number of aryl methyl sites for hydroxylation is 3. The van der Waals surface area contributed by atoms with Crippen LogP contribution in [0.1, 0.15) is 91.2 Å². The zero-order chi connectivity index (χ0) is 34.8. The van der Waals surface area contributed by atoms with Crippen molar-refractivity contribution < 1.29 is 27.9 Å². The summed E-state index contributed by atoms with van der Waals surface area (Å²) in [4.78, 5) is 45.6. The van der Waals surface area contributed by atoms with Gasteiger partial charge in [0.15, 0.2) is 0 Å². The van der Waals surface area contributed by atoms with Gasteiger partial charge in [0.05, 0.1) is 12.5 Å². The van der Waals surface area contributed by atoms with Gasteiger partial charge < -0.3 is 10.4 Å². The van der Waals surface area contributed by atoms with Crippen molar-refractivity contribution in [3.8, 4) is 11.1 Å². The molecule has 0 bridgehead atoms. The molecule has 3 aromatic rings. The van der Waals surface area contributed by atoms with E-state index in [1.807, 2.05) is 50.8 Å². The van der Waals surface area contributed by atoms with Crippen molar-refractivity contribution in [2.75, 3.05) is 19.6 Å². The van der Waals surface area contributed by atoms with Gasteiger partial charge in [-0.1, -0.05) is 32.0 Å². The molecule has 1 aliphatic heterocycles. The molecule has 8 nitrogen and oxygen atoms in total. The summed E-state index contributed by atoms with van der Waals surface area (Å²) in [5, 5.41) is 12.7. The molecule has 2 atom stereocenters. The monoisotopic (exact) mass is 654 g/mol. The number of nitrogens with one attached hydrogen (secondary N) is 1. The third-order valence-corrected chi connectivity index (χ3v) is 8.94. The number of amides is 1. The lowest BCUT2D eigenvalue weighted by Gasteiger charge is -2.42. The van der Waals surface area contributed by atoms with E-state index in [9.17, 15) is 32.7 Å². The standard InChI is InChI=1S/C36H45F3N4O4/c1-20(2)13-30(43-17-25(24(6)40-35(43)47)11-12-42-18-36(7,39)19-42)34(46)41-29(16-31(44)45)27-14-26(15-28(23(27)5)33(37)38)32-21(3)9-8-10-22(32)4/h8-10,14-15,17,20,29-30,33H,11-13,16,18-19H2,1-7H3,(H,41,46)(H,44,45)/t29-,30-/m0/s1. The summed E-state index contributed by atoms with van der Waals surface area (Å²) in [6.45, 7) is 13.5. The molecule has 1 aliphatic rings. The van der Waals surface area contributed by atoms with Gasteiger partial charge in [-0.3, -0.25) is 19.1 Å². The highest BCUT2D eigenvalue weighted by Gasteiger charge is 2.38. The van der Waals surface area contributed by atoms with Gasteiger partial charge in [0.25, 0.3) is 6.43 Å². The maximum Gasteiger partial charge on any atom is 0.348 e. The molecule has 1 aromatic heterocycles. The molecule has 0 unspecified atom stereocenters. The van der Waals surface area contributed by atoms with Crippen molar-refractivity contribution in [1.29, 1.82) is 0 Å². The lowest BCUT2D eigenvalue weighted by molar-refractivity contribution is -0.138. The largest absolute Gasteiger partial charge is 0.481 e. The Kier molecular flexibility index (Phi) is 11.0. The lowest BCUT2D eigenvalue weighted by Crippen LogP contribution is -2.57. The zero-order valence-corrected chi connectivity index (χ0v) is 28.2. The van der Waals surface area contributed by atoms with E-state index in [1.54, 1.807) is 26.1 Å². The predicted octanol–water partition coefficient (Wildman–Crippen LogP) is 6.59. The van der Waals surface area contributed by atoms with Crippen LogP contribution in [-0.2, 0) is 16.0 Å². The number of benzene rings is 2. The average molecular weight is 655 g/mol. The van der Waals surface area contributed by atoms with Crippen molar-refractivity contribution >= 4 is 11.9 Å². The maximum atomic E-state index is 14.4. The number of carboxylic acid groups (broad SMARTS) is 1. The molecule has 2 N–H and O–H groups in total. The van der Waals surface area contributed by atoms with Crippen LogP contribution in [0.4, 0.5) is 13.2 Å². The number of carbonyl (C=O) groups is 2. The third-order valence-electron chi connectivity index (χ3n) is 8.94. The van der Waals surface area contributed by atoms with E-state index in [2.05, 4.69) is 10.3 Å². The smallest absolute Gasteiger partial charge is 0.348 e. The molecule has 2 aromatic carbocycles. The zero-order valence-electron chi connectivity index (χ0n) is 28.2. The number of halogens is 3. The van der Waals surface area contributed by atoms with Crippen LogP contribution < -0.4 is 11.0 Å². The van der Waals surface area contributed by atoms with Crippen LogP contribution >= 0.6 is 0 Å². The molecule has 1 saturated heterocycles. The highest BCUT2D eigenvalue weighted by molar-refractivity contribution is 5.82. The first-order chi connectivity index (χ1) is 22.0. The highest BCUT2D eigenvalue weighted by atomic mass is 19.3. The van der Waals surface area contributed by atoms with Gasteiger partial charge >= 0.3 is 11.7 Å². The van der Waals surface area contributed by atoms with Gasteiger partial charge in [-0.25, -0.2) is 18.0 Å². The number of alkyl halides is 3. The first-order valence-electron chi connectivity index (χ1n) is 16.0. The van der Waals surface area contributed by atoms with Gasteiger partial charge in [-0.15, -0.1) is 0 Å². The number of hydrogen-bond donors (Lipinski definition) is 2. The molecule has 0 radical (unpaired) electrons. The van der Waals surface area contributed by atoms with Crippen LogP contribution in [0.2, 0.25) is 0 Å². The van der Waals surface area contributed by atoms with E-state index in [4.69, 9.17) is 0 Å². The molecule has 2 heterocycles. The predicted molar refractivity (Wildman–Crippen MR) is 176 cm³/mol. The van der Waals surface area contributed by atoms with E-state index in [0.717, 1.165) is 22.3 Å². The third kappa shape index (κ3) is 8.49. The molecule has 0 aliphatic carbocycles. The Morgan fingerprint density at radius 1 is 1.06 bits per heavy atom. The van der Waals surface area contributed by atoms with Gasteiger partial charge in [0, 0.05) is 37.1 Å². The number of carboxylic acids is 1. The normalized spacial score (nSPS) is 15.8. The summed E-state index contributed by atoms with van der Waals surface area (Å²) in [7, 11) is 0. The minimum Gasteiger partial charge on any atom is -0.481 e. The van der Waals surface area contributed by atoms with Crippen LogP contribution in [0, 0.1) is 33.6 Å². The van der Waals surface area contributed by atoms with Crippen LogP contribution in [0.3, 0.4) is 0 Å². The topological polar surface area (TPSA) is 105 Å². The second-order valence-corrected chi connectivity index (χ2v) is 13.6. The summed E-state index contributed by atoms with van der Waals surface area (Å²) in [6.07, 6.45) is -1.05. The summed E-state index contributed by atoms with van der Waals surface area (Å²) in [6, 6.07) is 6.52. The van der Waals surface area contributed by atoms with Crippen molar-refractivity contribution in [2.24, 2.45) is 5.92 Å². The number of carbonyl (C=O) groups excluding carboxylic acids is 1. The summed E-state index contributed by atoms with van der Waals surface area (Å²) in [5.41, 5.74) is 2.60. The second-order valence-electron chi connectivity index (χ2n) is 13.6. The van der Waals surface area contributed by atoms with E-state index in [0.29, 0.717) is 37.3 Å². The van der Waals surface area contributed by atoms with Gasteiger partial charge in [0.1, 0.15) is 11.7 Å². The van der Waals surface area contributed by atoms with Gasteiger partial charge in [-0.2, -0.15) is 4.98 Å². The Bertz CT molecular complexity index is 1670. The quantitative estimate of drug-likeness (QED) is 0.216. The lowest BCUT2D eigenvalue weighted by atomic mass is 9.87. The van der Waals surface area contributed by atoms with Crippen LogP contribution in [0.25, 0.3) is 11.1 Å². The first-order valence-corrected chi connectivity index (χ1v) is 16.0. The van der Waals surface area contributed by atoms with Crippen LogP contribution in [0.15, 0.2) is 41.3 Å². The number of rotatable bonds is 13. The number of nitrogens with zero attached hydrogens (tertiary/aromatic N) is 3. The fraction of sp³-hybridized carbons (Fsp3) is 0.500. The minimum absolute atomic E-state index is 0.0387. The summed E-state index contributed by atoms with van der Waals surface area (Å²) >= 11 is 0. The van der Waals surface area contributed by atoms with Crippen molar-refractivity contribution in [3.63, 3.8) is 0 Å². The molecular weight excluding hydrogens is 609 g/mol. The van der Waals surface area contributed by atoms with E-state index in [1.165, 1.54) is 17.6 Å². The van der Waals surface area contributed by atoms with Crippen molar-refractivity contribution in [2.45, 2.75) is 91.9 Å². The van der Waals surface area contributed by atoms with Crippen LogP contribution in [0.5, 0.6) is 0 Å². The van der Waals surface area contributed by atoms with Gasteiger partial charge in [0.2, 0.25) is 5.91 Å². The van der Waals surface area contributed by atoms with E-state index >= 15 is 0 Å². The number of aromatic nitrogens is 2. The Morgan fingerprint density at radius 2 is 1.68 bits per heavy atom. The number of likely N-dealkylation sites (tertiary alicyclic amines) is 1. The van der Waals surface area contributed by atoms with Gasteiger partial charge in [-0.05, 0) is 104 Å². The molecule has 0 spiro atoms. The molecule has 254 valence electrons. The Labute approximate surface area is 274 Å². The highest BCUT2D eigenvalue weighted by Crippen LogP contribution is 2.37. The fourth-order valence-electron chi connectivity index (χ4n) is 6.62. The average Bonchev–Trinajstić information content (AvgIpc) is 2.94. The second kappa shape index (κ2) is 14.4. The van der Waals surface area contributed by atoms with E-state index < -0.39 is 48.2 Å². The maximum absolute atomic E-state index is 14.4. The molecule has 0 saturated carbocycles. The SMILES string of the molecule is Cc1cccc(C)c1-c1cc(C(F)F)c(C)c([C@H](CC(=O)O)NC(=O)[C@H](CC(C)C)n2cc(CCN3CC(C)(F)C3)c(C)nc2=O)c1. The fourth-order valence-corrected chi connectivity index (χ4v) is 6.62. The molecule has 47 heavy (non-hydrogen) atoms.